The summed E-state index contributed by atoms with van der Waals surface area (Å²) in [5.41, 5.74) is 6.35. The highest BCUT2D eigenvalue weighted by molar-refractivity contribution is 5.83. The van der Waals surface area contributed by atoms with Crippen molar-refractivity contribution in [1.82, 2.24) is 9.88 Å². The van der Waals surface area contributed by atoms with E-state index in [1.807, 2.05) is 4.90 Å². The van der Waals surface area contributed by atoms with E-state index in [4.69, 9.17) is 4.74 Å². The maximum Gasteiger partial charge on any atom is 0.210 e. The Morgan fingerprint density at radius 1 is 1.20 bits per heavy atom. The number of nitrogens with zero attached hydrogens (tertiary/aromatic N) is 1. The van der Waals surface area contributed by atoms with Crippen LogP contribution >= 0.6 is 0 Å². The van der Waals surface area contributed by atoms with Gasteiger partial charge < -0.3 is 14.6 Å². The van der Waals surface area contributed by atoms with E-state index in [1.165, 1.54) is 46.0 Å². The first-order valence-corrected chi connectivity index (χ1v) is 11.3. The number of hydrogen-bond acceptors (Lipinski definition) is 2. The lowest BCUT2D eigenvalue weighted by atomic mass is 9.88. The van der Waals surface area contributed by atoms with E-state index in [1.54, 1.807) is 0 Å². The van der Waals surface area contributed by atoms with Gasteiger partial charge in [0.1, 0.15) is 5.75 Å². The Labute approximate surface area is 178 Å². The number of aromatic amines is 1. The van der Waals surface area contributed by atoms with Crippen molar-refractivity contribution in [2.45, 2.75) is 64.0 Å². The third-order valence-corrected chi connectivity index (χ3v) is 6.93. The largest absolute Gasteiger partial charge is 0.490 e. The minimum absolute atomic E-state index is 0.103. The normalized spacial score (nSPS) is 19.2. The van der Waals surface area contributed by atoms with Crippen molar-refractivity contribution in [3.63, 3.8) is 0 Å². The van der Waals surface area contributed by atoms with Gasteiger partial charge in [0.25, 0.3) is 0 Å². The first kappa shape index (κ1) is 19.2. The maximum absolute atomic E-state index is 11.9. The molecule has 1 aliphatic heterocycles. The summed E-state index contributed by atoms with van der Waals surface area (Å²) in [4.78, 5) is 17.2. The zero-order valence-electron chi connectivity index (χ0n) is 17.7. The molecule has 3 aromatic rings. The van der Waals surface area contributed by atoms with Crippen LogP contribution in [0.2, 0.25) is 0 Å². The van der Waals surface area contributed by atoms with Gasteiger partial charge in [-0.1, -0.05) is 24.3 Å². The number of aromatic nitrogens is 1. The highest BCUT2D eigenvalue weighted by atomic mass is 16.5. The highest BCUT2D eigenvalue weighted by Gasteiger charge is 2.28. The summed E-state index contributed by atoms with van der Waals surface area (Å²) >= 11 is 0. The Bertz CT molecular complexity index is 1050. The molecule has 1 amide bonds. The molecule has 0 radical (unpaired) electrons. The number of H-pyrrole nitrogens is 1. The van der Waals surface area contributed by atoms with Crippen LogP contribution in [0, 0.1) is 6.92 Å². The van der Waals surface area contributed by atoms with Gasteiger partial charge in [-0.05, 0) is 86.3 Å². The van der Waals surface area contributed by atoms with E-state index in [-0.39, 0.29) is 6.04 Å². The van der Waals surface area contributed by atoms with E-state index < -0.39 is 0 Å². The highest BCUT2D eigenvalue weighted by Crippen LogP contribution is 2.38. The first-order valence-electron chi connectivity index (χ1n) is 11.3. The fourth-order valence-corrected chi connectivity index (χ4v) is 5.27. The van der Waals surface area contributed by atoms with Gasteiger partial charge in [-0.2, -0.15) is 0 Å². The average Bonchev–Trinajstić information content (AvgIpc) is 3.42. The molecule has 156 valence electrons. The third-order valence-electron chi connectivity index (χ3n) is 6.93. The molecule has 1 saturated carbocycles. The number of benzene rings is 2. The van der Waals surface area contributed by atoms with Crippen LogP contribution in [0.3, 0.4) is 0 Å². The molecule has 2 aliphatic rings. The predicted molar refractivity (Wildman–Crippen MR) is 120 cm³/mol. The van der Waals surface area contributed by atoms with Gasteiger partial charge in [0, 0.05) is 23.6 Å². The molecule has 0 saturated heterocycles. The number of aryl methyl sites for hydroxylation is 2. The van der Waals surface area contributed by atoms with Gasteiger partial charge in [0.15, 0.2) is 0 Å². The maximum atomic E-state index is 11.9. The molecule has 0 bridgehead atoms. The average molecular weight is 403 g/mol. The van der Waals surface area contributed by atoms with E-state index in [0.29, 0.717) is 6.10 Å². The number of para-hydroxylation sites is 1. The SMILES string of the molecule is Cc1cc2c(cc1OC1CCCC1)[C@H](CCc1c[nH]c3ccccc13)N(C=O)CC2. The molecule has 0 unspecified atom stereocenters. The molecule has 1 aliphatic carbocycles. The number of hydrogen-bond donors (Lipinski definition) is 1. The molecule has 1 aromatic heterocycles. The number of ether oxygens (including phenoxy) is 1. The minimum Gasteiger partial charge on any atom is -0.490 e. The van der Waals surface area contributed by atoms with Gasteiger partial charge in [-0.3, -0.25) is 4.79 Å². The zero-order chi connectivity index (χ0) is 20.5. The fraction of sp³-hybridized carbons (Fsp3) is 0.423. The zero-order valence-corrected chi connectivity index (χ0v) is 17.7. The number of rotatable bonds is 6. The van der Waals surface area contributed by atoms with Crippen molar-refractivity contribution < 1.29 is 9.53 Å². The van der Waals surface area contributed by atoms with Crippen LogP contribution in [0.25, 0.3) is 10.9 Å². The summed E-state index contributed by atoms with van der Waals surface area (Å²) in [6.07, 6.45) is 11.1. The molecule has 4 nitrogen and oxygen atoms in total. The molecule has 1 atom stereocenters. The minimum atomic E-state index is 0.103. The molecule has 2 heterocycles. The first-order chi connectivity index (χ1) is 14.7. The Morgan fingerprint density at radius 3 is 2.87 bits per heavy atom. The van der Waals surface area contributed by atoms with E-state index in [2.05, 4.69) is 54.5 Å². The Morgan fingerprint density at radius 2 is 2.03 bits per heavy atom. The molecule has 30 heavy (non-hydrogen) atoms. The van der Waals surface area contributed by atoms with Crippen molar-refractivity contribution in [3.05, 3.63) is 64.8 Å². The molecule has 2 aromatic carbocycles. The quantitative estimate of drug-likeness (QED) is 0.555. The molecule has 4 heteroatoms. The van der Waals surface area contributed by atoms with Crippen molar-refractivity contribution in [2.75, 3.05) is 6.54 Å². The fourth-order valence-electron chi connectivity index (χ4n) is 5.27. The summed E-state index contributed by atoms with van der Waals surface area (Å²) < 4.78 is 6.39. The van der Waals surface area contributed by atoms with Crippen LogP contribution in [-0.4, -0.2) is 28.9 Å². The van der Waals surface area contributed by atoms with Crippen LogP contribution in [-0.2, 0) is 17.6 Å². The summed E-state index contributed by atoms with van der Waals surface area (Å²) in [7, 11) is 0. The molecular weight excluding hydrogens is 372 g/mol. The van der Waals surface area contributed by atoms with Crippen LogP contribution in [0.4, 0.5) is 0 Å². The number of fused-ring (bicyclic) bond motifs is 2. The summed E-state index contributed by atoms with van der Waals surface area (Å²) in [6, 6.07) is 13.1. The number of carbonyl (C=O) groups excluding carboxylic acids is 1. The Kier molecular flexibility index (Phi) is 5.24. The van der Waals surface area contributed by atoms with Gasteiger partial charge in [-0.15, -0.1) is 0 Å². The monoisotopic (exact) mass is 402 g/mol. The predicted octanol–water partition coefficient (Wildman–Crippen LogP) is 5.49. The van der Waals surface area contributed by atoms with Crippen molar-refractivity contribution in [1.29, 1.82) is 0 Å². The summed E-state index contributed by atoms with van der Waals surface area (Å²) in [5, 5.41) is 1.28. The van der Waals surface area contributed by atoms with Crippen LogP contribution in [0.15, 0.2) is 42.6 Å². The van der Waals surface area contributed by atoms with Crippen molar-refractivity contribution in [3.8, 4) is 5.75 Å². The topological polar surface area (TPSA) is 45.3 Å². The van der Waals surface area contributed by atoms with Gasteiger partial charge in [-0.25, -0.2) is 0 Å². The molecule has 1 N–H and O–H groups in total. The van der Waals surface area contributed by atoms with Crippen LogP contribution in [0.5, 0.6) is 5.75 Å². The van der Waals surface area contributed by atoms with Crippen molar-refractivity contribution in [2.24, 2.45) is 0 Å². The van der Waals surface area contributed by atoms with Gasteiger partial charge in [0.2, 0.25) is 6.41 Å². The second kappa shape index (κ2) is 8.17. The lowest BCUT2D eigenvalue weighted by molar-refractivity contribution is -0.120. The van der Waals surface area contributed by atoms with Gasteiger partial charge in [0.05, 0.1) is 12.1 Å². The van der Waals surface area contributed by atoms with Crippen LogP contribution < -0.4 is 4.74 Å². The molecular formula is C26H30N2O2. The Hall–Kier alpha value is -2.75. The van der Waals surface area contributed by atoms with Gasteiger partial charge >= 0.3 is 0 Å². The summed E-state index contributed by atoms with van der Waals surface area (Å²) in [6.45, 7) is 2.94. The smallest absolute Gasteiger partial charge is 0.210 e. The second-order valence-electron chi connectivity index (χ2n) is 8.85. The van der Waals surface area contributed by atoms with E-state index in [9.17, 15) is 4.79 Å². The standard InChI is InChI=1S/C26H30N2O2/c1-18-14-19-12-13-28(17-29)25(23(19)15-26(18)30-21-6-2-3-7-21)11-10-20-16-27-24-9-5-4-8-22(20)24/h4-5,8-9,14-17,21,25,27H,2-3,6-7,10-13H2,1H3/t25-/m0/s1. The lowest BCUT2D eigenvalue weighted by Crippen LogP contribution is -2.35. The molecule has 0 spiro atoms. The molecule has 5 rings (SSSR count). The third kappa shape index (κ3) is 3.60. The number of nitrogens with one attached hydrogen (secondary N) is 1. The van der Waals surface area contributed by atoms with E-state index >= 15 is 0 Å². The van der Waals surface area contributed by atoms with Crippen molar-refractivity contribution >= 4 is 17.3 Å². The second-order valence-corrected chi connectivity index (χ2v) is 8.85. The Balaban J connectivity index is 1.42. The lowest BCUT2D eigenvalue weighted by Gasteiger charge is -2.35. The number of amides is 1. The number of carbonyl (C=O) groups is 1. The van der Waals surface area contributed by atoms with Crippen LogP contribution in [0.1, 0.15) is 60.4 Å². The molecule has 1 fully saturated rings. The summed E-state index contributed by atoms with van der Waals surface area (Å²) in [5.74, 6) is 1.01. The van der Waals surface area contributed by atoms with E-state index in [0.717, 1.165) is 50.8 Å².